The lowest BCUT2D eigenvalue weighted by atomic mass is 9.98. The van der Waals surface area contributed by atoms with Crippen molar-refractivity contribution >= 4 is 11.6 Å². The highest BCUT2D eigenvalue weighted by Gasteiger charge is 2.31. The van der Waals surface area contributed by atoms with Gasteiger partial charge in [0.05, 0.1) is 0 Å². The highest BCUT2D eigenvalue weighted by molar-refractivity contribution is 6.01. The Morgan fingerprint density at radius 3 is 2.36 bits per heavy atom. The molecule has 1 aliphatic rings. The second kappa shape index (κ2) is 8.22. The minimum absolute atomic E-state index is 0.117. The number of aromatic amines is 1. The Labute approximate surface area is 163 Å². The largest absolute Gasteiger partial charge is 0.411 e. The third-order valence-electron chi connectivity index (χ3n) is 5.06. The molecule has 0 unspecified atom stereocenters. The number of nitrogens with zero attached hydrogens (tertiary/aromatic N) is 2. The number of hydrogen-bond acceptors (Lipinski definition) is 3. The second-order valence-corrected chi connectivity index (χ2v) is 7.05. The quantitative estimate of drug-likeness (QED) is 0.591. The highest BCUT2D eigenvalue weighted by atomic mass is 16.2. The van der Waals surface area contributed by atoms with Gasteiger partial charge in [0.25, 0.3) is 0 Å². The van der Waals surface area contributed by atoms with E-state index in [0.717, 1.165) is 25.9 Å². The number of amides is 1. The summed E-state index contributed by atoms with van der Waals surface area (Å²) in [5.41, 5.74) is 1.12. The van der Waals surface area contributed by atoms with Gasteiger partial charge in [-0.3, -0.25) is 4.79 Å². The zero-order chi connectivity index (χ0) is 19.3. The molecule has 144 valence electrons. The van der Waals surface area contributed by atoms with Crippen LogP contribution < -0.4 is 20.9 Å². The smallest absolute Gasteiger partial charge is 0.319 e. The van der Waals surface area contributed by atoms with Crippen LogP contribution in [-0.2, 0) is 6.54 Å². The summed E-state index contributed by atoms with van der Waals surface area (Å²) in [7, 11) is 0. The third kappa shape index (κ3) is 3.89. The molecule has 7 heteroatoms. The molecular formula is C21H24N5O2+. The molecule has 2 heterocycles. The minimum atomic E-state index is -0.406. The van der Waals surface area contributed by atoms with Crippen molar-refractivity contribution in [3.05, 3.63) is 76.7 Å². The van der Waals surface area contributed by atoms with Crippen molar-refractivity contribution in [1.29, 1.82) is 0 Å². The van der Waals surface area contributed by atoms with Gasteiger partial charge in [0, 0.05) is 11.6 Å². The van der Waals surface area contributed by atoms with Crippen LogP contribution in [0, 0.1) is 5.92 Å². The first kappa shape index (κ1) is 18.2. The third-order valence-corrected chi connectivity index (χ3v) is 5.06. The van der Waals surface area contributed by atoms with E-state index in [2.05, 4.69) is 15.8 Å². The second-order valence-electron chi connectivity index (χ2n) is 7.05. The average molecular weight is 378 g/mol. The summed E-state index contributed by atoms with van der Waals surface area (Å²) >= 11 is 0. The zero-order valence-corrected chi connectivity index (χ0v) is 15.6. The summed E-state index contributed by atoms with van der Waals surface area (Å²) in [6.07, 6.45) is 2.04. The normalized spacial score (nSPS) is 14.7. The predicted molar refractivity (Wildman–Crippen MR) is 107 cm³/mol. The number of H-pyrrole nitrogens is 1. The van der Waals surface area contributed by atoms with Crippen molar-refractivity contribution in [2.24, 2.45) is 5.92 Å². The molecule has 0 atom stereocenters. The topological polar surface area (TPSA) is 82.8 Å². The molecule has 0 aliphatic carbocycles. The van der Waals surface area contributed by atoms with E-state index in [-0.39, 0.29) is 11.3 Å². The van der Waals surface area contributed by atoms with Gasteiger partial charge in [-0.15, -0.1) is 4.68 Å². The summed E-state index contributed by atoms with van der Waals surface area (Å²) in [6.45, 7) is 2.52. The van der Waals surface area contributed by atoms with Crippen LogP contribution in [0.2, 0.25) is 0 Å². The molecule has 1 amide bonds. The number of carbonyl (C=O) groups is 1. The van der Waals surface area contributed by atoms with Gasteiger partial charge in [-0.2, -0.15) is 0 Å². The molecule has 3 N–H and O–H groups in total. The number of benzene rings is 2. The number of nitrogens with one attached hydrogen (secondary N) is 3. The first-order chi connectivity index (χ1) is 13.7. The van der Waals surface area contributed by atoms with Crippen molar-refractivity contribution in [3.63, 3.8) is 0 Å². The lowest BCUT2D eigenvalue weighted by molar-refractivity contribution is -0.761. The number of aromatic nitrogens is 3. The Kier molecular flexibility index (Phi) is 5.34. The molecule has 1 aromatic heterocycles. The molecule has 0 spiro atoms. The standard InChI is InChI=1S/C21H23N5O2/c27-20(23-17-7-3-1-4-8-17)19-21(28)26(18-9-5-2-6-10-18)24-25(19)15-16-11-13-22-14-12-16/h1-10,16,22H,11-15H2,(H-,23,24,27,28)/p+1. The van der Waals surface area contributed by atoms with Gasteiger partial charge in [-0.05, 0) is 50.2 Å². The van der Waals surface area contributed by atoms with E-state index in [4.69, 9.17) is 0 Å². The maximum atomic E-state index is 13.1. The van der Waals surface area contributed by atoms with E-state index in [1.165, 1.54) is 4.68 Å². The minimum Gasteiger partial charge on any atom is -0.319 e. The Morgan fingerprint density at radius 1 is 1.04 bits per heavy atom. The molecule has 1 aliphatic heterocycles. The molecule has 28 heavy (non-hydrogen) atoms. The van der Waals surface area contributed by atoms with E-state index in [1.807, 2.05) is 48.5 Å². The highest BCUT2D eigenvalue weighted by Crippen LogP contribution is 2.12. The SMILES string of the molecule is O=C(Nc1ccccc1)c1c(=O)n(-c2ccccc2)[nH][n+]1CC1CCNCC1. The summed E-state index contributed by atoms with van der Waals surface area (Å²) in [5, 5.41) is 9.30. The van der Waals surface area contributed by atoms with E-state index < -0.39 is 5.91 Å². The molecule has 1 fully saturated rings. The van der Waals surface area contributed by atoms with Crippen LogP contribution in [0.5, 0.6) is 0 Å². The molecule has 0 radical (unpaired) electrons. The van der Waals surface area contributed by atoms with Crippen molar-refractivity contribution in [2.75, 3.05) is 18.4 Å². The number of rotatable bonds is 5. The van der Waals surface area contributed by atoms with E-state index in [1.54, 1.807) is 16.8 Å². The Balaban J connectivity index is 1.70. The van der Waals surface area contributed by atoms with Gasteiger partial charge in [0.15, 0.2) is 5.69 Å². The summed E-state index contributed by atoms with van der Waals surface area (Å²) < 4.78 is 3.13. The molecular weight excluding hydrogens is 354 g/mol. The molecule has 4 rings (SSSR count). The van der Waals surface area contributed by atoms with Crippen LogP contribution >= 0.6 is 0 Å². The maximum absolute atomic E-state index is 13.1. The Hall–Kier alpha value is -3.19. The number of hydrogen-bond donors (Lipinski definition) is 3. The molecule has 2 aromatic carbocycles. The average Bonchev–Trinajstić information content (AvgIpc) is 3.06. The van der Waals surface area contributed by atoms with Crippen LogP contribution in [0.3, 0.4) is 0 Å². The molecule has 0 bridgehead atoms. The van der Waals surface area contributed by atoms with Gasteiger partial charge in [-0.25, -0.2) is 4.79 Å². The fraction of sp³-hybridized carbons (Fsp3) is 0.286. The lowest BCUT2D eigenvalue weighted by Crippen LogP contribution is -2.48. The first-order valence-electron chi connectivity index (χ1n) is 9.60. The fourth-order valence-electron chi connectivity index (χ4n) is 3.58. The molecule has 1 saturated heterocycles. The number of carbonyl (C=O) groups excluding carboxylic acids is 1. The van der Waals surface area contributed by atoms with Crippen LogP contribution in [0.15, 0.2) is 65.5 Å². The van der Waals surface area contributed by atoms with E-state index in [0.29, 0.717) is 23.8 Å². The van der Waals surface area contributed by atoms with Crippen LogP contribution in [0.1, 0.15) is 23.3 Å². The first-order valence-corrected chi connectivity index (χ1v) is 9.60. The van der Waals surface area contributed by atoms with Gasteiger partial charge >= 0.3 is 17.2 Å². The molecule has 7 nitrogen and oxygen atoms in total. The van der Waals surface area contributed by atoms with Crippen LogP contribution in [0.4, 0.5) is 5.69 Å². The van der Waals surface area contributed by atoms with Gasteiger partial charge < -0.3 is 10.6 Å². The Bertz CT molecular complexity index is 989. The molecule has 3 aromatic rings. The monoisotopic (exact) mass is 378 g/mol. The van der Waals surface area contributed by atoms with Gasteiger partial charge in [-0.1, -0.05) is 46.3 Å². The maximum Gasteiger partial charge on any atom is 0.411 e. The fourth-order valence-corrected chi connectivity index (χ4v) is 3.58. The zero-order valence-electron chi connectivity index (χ0n) is 15.6. The van der Waals surface area contributed by atoms with Crippen LogP contribution in [0.25, 0.3) is 5.69 Å². The Morgan fingerprint density at radius 2 is 1.68 bits per heavy atom. The summed E-state index contributed by atoms with van der Waals surface area (Å²) in [6, 6.07) is 18.5. The summed E-state index contributed by atoms with van der Waals surface area (Å²) in [4.78, 5) is 26.1. The van der Waals surface area contributed by atoms with Crippen molar-refractivity contribution in [1.82, 2.24) is 15.2 Å². The summed E-state index contributed by atoms with van der Waals surface area (Å²) in [5.74, 6) is 0.00728. The number of anilines is 1. The number of piperidine rings is 1. The predicted octanol–water partition coefficient (Wildman–Crippen LogP) is 1.70. The van der Waals surface area contributed by atoms with Crippen molar-refractivity contribution in [2.45, 2.75) is 19.4 Å². The van der Waals surface area contributed by atoms with Gasteiger partial charge in [0.1, 0.15) is 6.54 Å². The number of para-hydroxylation sites is 2. The van der Waals surface area contributed by atoms with Crippen LogP contribution in [-0.4, -0.2) is 28.9 Å². The lowest BCUT2D eigenvalue weighted by Gasteiger charge is -2.20. The van der Waals surface area contributed by atoms with E-state index >= 15 is 0 Å². The van der Waals surface area contributed by atoms with Gasteiger partial charge in [0.2, 0.25) is 0 Å². The van der Waals surface area contributed by atoms with Crippen molar-refractivity contribution in [3.8, 4) is 5.69 Å². The molecule has 0 saturated carbocycles. The van der Waals surface area contributed by atoms with E-state index in [9.17, 15) is 9.59 Å². The van der Waals surface area contributed by atoms with Crippen molar-refractivity contribution < 1.29 is 9.48 Å².